The zero-order chi connectivity index (χ0) is 26.2. The molecule has 2 aromatic rings. The van der Waals surface area contributed by atoms with E-state index < -0.39 is 0 Å². The summed E-state index contributed by atoms with van der Waals surface area (Å²) in [6, 6.07) is 12.6. The van der Waals surface area contributed by atoms with Crippen molar-refractivity contribution in [3.63, 3.8) is 0 Å². The molecule has 1 saturated heterocycles. The Morgan fingerprint density at radius 1 is 1.05 bits per heavy atom. The molecule has 5 aliphatic rings. The van der Waals surface area contributed by atoms with Crippen molar-refractivity contribution in [1.82, 2.24) is 15.5 Å². The average Bonchev–Trinajstić information content (AvgIpc) is 2.91. The summed E-state index contributed by atoms with van der Waals surface area (Å²) >= 11 is 0. The van der Waals surface area contributed by atoms with Gasteiger partial charge in [0, 0.05) is 26.1 Å². The zero-order valence-electron chi connectivity index (χ0n) is 21.2. The molecule has 2 atom stereocenters. The molecular weight excluding hydrogens is 478 g/mol. The minimum absolute atomic E-state index is 0.0488. The number of hydrogen-bond donors (Lipinski definition) is 2. The number of piperidine rings is 1. The fourth-order valence-electron chi connectivity index (χ4n) is 4.45. The van der Waals surface area contributed by atoms with Gasteiger partial charge in [0.25, 0.3) is 5.91 Å². The summed E-state index contributed by atoms with van der Waals surface area (Å²) in [5.41, 5.74) is 1.88. The number of ether oxygens (including phenoxy) is 4. The maximum absolute atomic E-state index is 12.9. The first-order valence-corrected chi connectivity index (χ1v) is 12.3. The number of amides is 2. The van der Waals surface area contributed by atoms with Crippen molar-refractivity contribution in [2.75, 3.05) is 40.5 Å². The summed E-state index contributed by atoms with van der Waals surface area (Å²) in [5.74, 6) is 0.888. The Morgan fingerprint density at radius 2 is 1.84 bits per heavy atom. The van der Waals surface area contributed by atoms with Crippen molar-refractivity contribution < 1.29 is 33.3 Å². The van der Waals surface area contributed by atoms with Gasteiger partial charge in [-0.05, 0) is 48.2 Å². The second-order valence-corrected chi connectivity index (χ2v) is 9.12. The minimum atomic E-state index is -0.372. The summed E-state index contributed by atoms with van der Waals surface area (Å²) < 4.78 is 22.3. The van der Waals surface area contributed by atoms with Gasteiger partial charge in [-0.3, -0.25) is 19.3 Å². The number of rotatable bonds is 3. The number of likely N-dealkylation sites (tertiary alicyclic amines) is 1. The van der Waals surface area contributed by atoms with Crippen LogP contribution >= 0.6 is 0 Å². The maximum atomic E-state index is 12.9. The second-order valence-electron chi connectivity index (χ2n) is 9.12. The molecule has 2 N–H and O–H groups in total. The van der Waals surface area contributed by atoms with Crippen molar-refractivity contribution in [3.05, 3.63) is 53.6 Å². The highest BCUT2D eigenvalue weighted by Crippen LogP contribution is 2.28. The van der Waals surface area contributed by atoms with E-state index in [1.54, 1.807) is 6.07 Å². The second kappa shape index (κ2) is 12.4. The van der Waals surface area contributed by atoms with E-state index in [2.05, 4.69) is 10.6 Å². The third-order valence-corrected chi connectivity index (χ3v) is 6.49. The molecule has 2 aromatic carbocycles. The van der Waals surface area contributed by atoms with Crippen molar-refractivity contribution >= 4 is 17.8 Å². The van der Waals surface area contributed by atoms with E-state index in [9.17, 15) is 14.4 Å². The number of carbonyl (C=O) groups excluding carboxylic acids is 3. The summed E-state index contributed by atoms with van der Waals surface area (Å²) in [4.78, 5) is 39.0. The van der Waals surface area contributed by atoms with Gasteiger partial charge in [-0.1, -0.05) is 18.2 Å². The van der Waals surface area contributed by atoms with Crippen LogP contribution in [-0.2, 0) is 32.1 Å². The Bertz CT molecular complexity index is 1110. The predicted octanol–water partition coefficient (Wildman–Crippen LogP) is 1.45. The lowest BCUT2D eigenvalue weighted by atomic mass is 10.0. The molecule has 198 valence electrons. The molecule has 37 heavy (non-hydrogen) atoms. The predicted molar refractivity (Wildman–Crippen MR) is 135 cm³/mol. The molecule has 4 bridgehead atoms. The Kier molecular flexibility index (Phi) is 8.84. The van der Waals surface area contributed by atoms with Gasteiger partial charge in [0.2, 0.25) is 5.91 Å². The Balaban J connectivity index is 1.54. The smallest absolute Gasteiger partial charge is 0.319 e. The standard InChI is InChI=1S/C27H33N3O7/c1-34-24-13-18-5-9-23(24)36-17-26(32)29-21-15-30(16-27(33)35-2)12-11-22(21)37-20-7-3-19(4-8-20)14-28-25(31)10-6-18/h3-5,7-9,13,21-22H,6,10-12,14-17H2,1-2H3,(H,28,31)(H,29,32)/t21-,22-/m1/s1. The summed E-state index contributed by atoms with van der Waals surface area (Å²) in [6.07, 6.45) is 1.18. The van der Waals surface area contributed by atoms with E-state index in [4.69, 9.17) is 18.9 Å². The third kappa shape index (κ3) is 7.36. The van der Waals surface area contributed by atoms with Gasteiger partial charge in [-0.25, -0.2) is 0 Å². The molecular formula is C27H33N3O7. The van der Waals surface area contributed by atoms with Gasteiger partial charge >= 0.3 is 5.97 Å². The fraction of sp³-hybridized carbons (Fsp3) is 0.444. The molecule has 10 heteroatoms. The number of aryl methyl sites for hydroxylation is 1. The van der Waals surface area contributed by atoms with Crippen LogP contribution in [0.5, 0.6) is 17.2 Å². The Morgan fingerprint density at radius 3 is 2.59 bits per heavy atom. The molecule has 0 saturated carbocycles. The van der Waals surface area contributed by atoms with Crippen LogP contribution in [0.25, 0.3) is 0 Å². The van der Waals surface area contributed by atoms with Crippen molar-refractivity contribution in [1.29, 1.82) is 0 Å². The lowest BCUT2D eigenvalue weighted by Crippen LogP contribution is -2.58. The lowest BCUT2D eigenvalue weighted by molar-refractivity contribution is -0.142. The molecule has 0 unspecified atom stereocenters. The van der Waals surface area contributed by atoms with Crippen molar-refractivity contribution in [2.45, 2.75) is 38.0 Å². The van der Waals surface area contributed by atoms with Gasteiger partial charge in [-0.15, -0.1) is 0 Å². The van der Waals surface area contributed by atoms with E-state index in [-0.39, 0.29) is 43.1 Å². The summed E-state index contributed by atoms with van der Waals surface area (Å²) in [5, 5.41) is 5.97. The highest BCUT2D eigenvalue weighted by atomic mass is 16.5. The highest BCUT2D eigenvalue weighted by Gasteiger charge is 2.33. The summed E-state index contributed by atoms with van der Waals surface area (Å²) in [7, 11) is 2.88. The molecule has 0 radical (unpaired) electrons. The van der Waals surface area contributed by atoms with Crippen molar-refractivity contribution in [2.24, 2.45) is 0 Å². The molecule has 5 aliphatic heterocycles. The summed E-state index contributed by atoms with van der Waals surface area (Å²) in [6.45, 7) is 1.38. The molecule has 0 spiro atoms. The molecule has 1 fully saturated rings. The van der Waals surface area contributed by atoms with E-state index in [1.807, 2.05) is 41.3 Å². The van der Waals surface area contributed by atoms with Crippen LogP contribution < -0.4 is 24.8 Å². The Labute approximate surface area is 216 Å². The first-order valence-electron chi connectivity index (χ1n) is 12.3. The molecule has 10 nitrogen and oxygen atoms in total. The van der Waals surface area contributed by atoms with Crippen LogP contribution in [0.3, 0.4) is 0 Å². The van der Waals surface area contributed by atoms with Gasteiger partial charge in [-0.2, -0.15) is 0 Å². The van der Waals surface area contributed by atoms with Gasteiger partial charge in [0.15, 0.2) is 18.1 Å². The number of benzene rings is 2. The normalized spacial score (nSPS) is 21.0. The van der Waals surface area contributed by atoms with Crippen LogP contribution in [0, 0.1) is 0 Å². The number of methoxy groups -OCH3 is 2. The highest BCUT2D eigenvalue weighted by molar-refractivity contribution is 5.78. The molecule has 5 heterocycles. The molecule has 0 aromatic heterocycles. The number of carbonyl (C=O) groups is 3. The van der Waals surface area contributed by atoms with Gasteiger partial charge in [0.05, 0.1) is 26.8 Å². The molecule has 2 amide bonds. The van der Waals surface area contributed by atoms with E-state index in [1.165, 1.54) is 14.2 Å². The van der Waals surface area contributed by atoms with Crippen LogP contribution in [0.1, 0.15) is 24.0 Å². The van der Waals surface area contributed by atoms with Crippen LogP contribution in [0.4, 0.5) is 0 Å². The van der Waals surface area contributed by atoms with Crippen LogP contribution in [0.15, 0.2) is 42.5 Å². The largest absolute Gasteiger partial charge is 0.493 e. The monoisotopic (exact) mass is 511 g/mol. The fourth-order valence-corrected chi connectivity index (χ4v) is 4.45. The first kappa shape index (κ1) is 26.3. The lowest BCUT2D eigenvalue weighted by Gasteiger charge is -2.38. The maximum Gasteiger partial charge on any atom is 0.319 e. The number of nitrogens with one attached hydrogen (secondary N) is 2. The van der Waals surface area contributed by atoms with Gasteiger partial charge < -0.3 is 29.6 Å². The zero-order valence-corrected chi connectivity index (χ0v) is 21.2. The van der Waals surface area contributed by atoms with Gasteiger partial charge in [0.1, 0.15) is 11.9 Å². The first-order chi connectivity index (χ1) is 17.9. The van der Waals surface area contributed by atoms with Crippen LogP contribution in [-0.4, -0.2) is 75.3 Å². The van der Waals surface area contributed by atoms with E-state index >= 15 is 0 Å². The minimum Gasteiger partial charge on any atom is -0.493 e. The van der Waals surface area contributed by atoms with Crippen molar-refractivity contribution in [3.8, 4) is 17.2 Å². The average molecular weight is 512 g/mol. The topological polar surface area (TPSA) is 115 Å². The third-order valence-electron chi connectivity index (χ3n) is 6.49. The van der Waals surface area contributed by atoms with E-state index in [0.29, 0.717) is 56.1 Å². The number of nitrogens with zero attached hydrogens (tertiary/aromatic N) is 1. The molecule has 0 aliphatic carbocycles. The SMILES string of the molecule is COC(=O)CN1CC[C@H]2Oc3ccc(cc3)CNC(=O)CCc3ccc(c(OC)c3)OCC(=O)N[C@@H]2C1. The Hall–Kier alpha value is -3.79. The number of esters is 1. The number of hydrogen-bond acceptors (Lipinski definition) is 8. The van der Waals surface area contributed by atoms with Crippen LogP contribution in [0.2, 0.25) is 0 Å². The quantitative estimate of drug-likeness (QED) is 0.595. The molecule has 7 rings (SSSR count). The van der Waals surface area contributed by atoms with E-state index in [0.717, 1.165) is 11.1 Å².